The summed E-state index contributed by atoms with van der Waals surface area (Å²) in [7, 11) is 0. The molecule has 1 aromatic heterocycles. The van der Waals surface area contributed by atoms with Gasteiger partial charge < -0.3 is 9.63 Å². The number of aromatic nitrogens is 2. The SMILES string of the molecule is O=C(O)c1noc(C(C2CC2)C2CC2)n1. The van der Waals surface area contributed by atoms with Crippen molar-refractivity contribution in [2.24, 2.45) is 11.8 Å². The minimum absolute atomic E-state index is 0.212. The van der Waals surface area contributed by atoms with Crippen molar-refractivity contribution >= 4 is 5.97 Å². The van der Waals surface area contributed by atoms with Crippen molar-refractivity contribution < 1.29 is 14.4 Å². The standard InChI is InChI=1S/C10H12N2O3/c13-10(14)8-11-9(15-12-8)7(5-1-2-5)6-3-4-6/h5-7H,1-4H2,(H,13,14). The molecule has 2 aliphatic rings. The first-order chi connectivity index (χ1) is 7.25. The van der Waals surface area contributed by atoms with Crippen LogP contribution in [0, 0.1) is 11.8 Å². The van der Waals surface area contributed by atoms with Crippen molar-refractivity contribution in [3.63, 3.8) is 0 Å². The zero-order valence-electron chi connectivity index (χ0n) is 8.22. The minimum Gasteiger partial charge on any atom is -0.475 e. The molecule has 0 aliphatic heterocycles. The summed E-state index contributed by atoms with van der Waals surface area (Å²) in [5.41, 5.74) is 0. The minimum atomic E-state index is -1.12. The lowest BCUT2D eigenvalue weighted by Crippen LogP contribution is -2.05. The molecule has 15 heavy (non-hydrogen) atoms. The Balaban J connectivity index is 1.85. The second kappa shape index (κ2) is 3.05. The number of aromatic carboxylic acids is 1. The van der Waals surface area contributed by atoms with Crippen LogP contribution in [0.4, 0.5) is 0 Å². The number of hydrogen-bond donors (Lipinski definition) is 1. The van der Waals surface area contributed by atoms with Gasteiger partial charge in [-0.3, -0.25) is 0 Å². The van der Waals surface area contributed by atoms with Gasteiger partial charge in [-0.05, 0) is 42.7 Å². The molecule has 0 unspecified atom stereocenters. The molecule has 0 aromatic carbocycles. The molecule has 1 N–H and O–H groups in total. The maximum Gasteiger partial charge on any atom is 0.377 e. The zero-order chi connectivity index (χ0) is 10.4. The average Bonchev–Trinajstić information content (AvgIpc) is 3.08. The van der Waals surface area contributed by atoms with E-state index >= 15 is 0 Å². The van der Waals surface area contributed by atoms with Gasteiger partial charge in [0.15, 0.2) is 0 Å². The van der Waals surface area contributed by atoms with Gasteiger partial charge in [-0.2, -0.15) is 4.98 Å². The summed E-state index contributed by atoms with van der Waals surface area (Å²) < 4.78 is 5.05. The Kier molecular flexibility index (Phi) is 1.81. The van der Waals surface area contributed by atoms with Crippen LogP contribution in [0.5, 0.6) is 0 Å². The first-order valence-electron chi connectivity index (χ1n) is 5.32. The molecule has 2 saturated carbocycles. The Bertz CT molecular complexity index is 381. The van der Waals surface area contributed by atoms with Gasteiger partial charge in [-0.1, -0.05) is 0 Å². The van der Waals surface area contributed by atoms with Crippen molar-refractivity contribution in [2.75, 3.05) is 0 Å². The number of nitrogens with zero attached hydrogens (tertiary/aromatic N) is 2. The maximum atomic E-state index is 10.6. The molecule has 5 heteroatoms. The van der Waals surface area contributed by atoms with Crippen molar-refractivity contribution in [3.8, 4) is 0 Å². The molecule has 0 saturated heterocycles. The van der Waals surface area contributed by atoms with E-state index < -0.39 is 5.97 Å². The molecule has 3 rings (SSSR count). The third kappa shape index (κ3) is 1.62. The summed E-state index contributed by atoms with van der Waals surface area (Å²) in [6, 6.07) is 0. The fourth-order valence-electron chi connectivity index (χ4n) is 2.16. The lowest BCUT2D eigenvalue weighted by molar-refractivity contribution is 0.0680. The molecule has 5 nitrogen and oxygen atoms in total. The van der Waals surface area contributed by atoms with Gasteiger partial charge in [-0.15, -0.1) is 0 Å². The number of carboxylic acids is 1. The number of carbonyl (C=O) groups is 1. The molecule has 1 heterocycles. The number of carboxylic acid groups (broad SMARTS) is 1. The Morgan fingerprint density at radius 1 is 1.33 bits per heavy atom. The van der Waals surface area contributed by atoms with E-state index in [1.54, 1.807) is 0 Å². The normalized spacial score (nSPS) is 20.9. The smallest absolute Gasteiger partial charge is 0.377 e. The van der Waals surface area contributed by atoms with Gasteiger partial charge in [0, 0.05) is 5.92 Å². The summed E-state index contributed by atoms with van der Waals surface area (Å²) in [6.07, 6.45) is 4.86. The first-order valence-corrected chi connectivity index (χ1v) is 5.32. The van der Waals surface area contributed by atoms with Gasteiger partial charge in [-0.25, -0.2) is 4.79 Å². The summed E-state index contributed by atoms with van der Waals surface area (Å²) in [5.74, 6) is 0.842. The highest BCUT2D eigenvalue weighted by Gasteiger charge is 2.45. The van der Waals surface area contributed by atoms with E-state index in [1.165, 1.54) is 25.7 Å². The van der Waals surface area contributed by atoms with E-state index in [-0.39, 0.29) is 5.82 Å². The van der Waals surface area contributed by atoms with Crippen LogP contribution >= 0.6 is 0 Å². The van der Waals surface area contributed by atoms with Crippen LogP contribution in [0.1, 0.15) is 48.1 Å². The Morgan fingerprint density at radius 3 is 2.33 bits per heavy atom. The van der Waals surface area contributed by atoms with Gasteiger partial charge in [0.2, 0.25) is 5.89 Å². The van der Waals surface area contributed by atoms with Crippen LogP contribution in [0.3, 0.4) is 0 Å². The van der Waals surface area contributed by atoms with E-state index in [1.807, 2.05) is 0 Å². The van der Waals surface area contributed by atoms with Crippen LogP contribution in [0.2, 0.25) is 0 Å². The van der Waals surface area contributed by atoms with Gasteiger partial charge in [0.25, 0.3) is 5.82 Å². The average molecular weight is 208 g/mol. The lowest BCUT2D eigenvalue weighted by atomic mass is 9.98. The van der Waals surface area contributed by atoms with Crippen molar-refractivity contribution in [2.45, 2.75) is 31.6 Å². The van der Waals surface area contributed by atoms with Crippen LogP contribution in [-0.4, -0.2) is 21.2 Å². The second-order valence-corrected chi connectivity index (χ2v) is 4.46. The lowest BCUT2D eigenvalue weighted by Gasteiger charge is -2.08. The molecule has 2 aliphatic carbocycles. The highest BCUT2D eigenvalue weighted by molar-refractivity contribution is 5.82. The van der Waals surface area contributed by atoms with Crippen LogP contribution in [-0.2, 0) is 0 Å². The first kappa shape index (κ1) is 8.88. The van der Waals surface area contributed by atoms with Gasteiger partial charge in [0.05, 0.1) is 0 Å². The van der Waals surface area contributed by atoms with E-state index in [0.29, 0.717) is 23.6 Å². The van der Waals surface area contributed by atoms with E-state index in [9.17, 15) is 4.79 Å². The highest BCUT2D eigenvalue weighted by Crippen LogP contribution is 2.53. The summed E-state index contributed by atoms with van der Waals surface area (Å²) in [6.45, 7) is 0. The topological polar surface area (TPSA) is 76.2 Å². The fraction of sp³-hybridized carbons (Fsp3) is 0.700. The van der Waals surface area contributed by atoms with Crippen LogP contribution in [0.25, 0.3) is 0 Å². The van der Waals surface area contributed by atoms with Crippen molar-refractivity contribution in [3.05, 3.63) is 11.7 Å². The molecule has 0 amide bonds. The summed E-state index contributed by atoms with van der Waals surface area (Å²) in [4.78, 5) is 14.6. The molecule has 0 radical (unpaired) electrons. The third-order valence-electron chi connectivity index (χ3n) is 3.18. The van der Waals surface area contributed by atoms with Crippen LogP contribution < -0.4 is 0 Å². The van der Waals surface area contributed by atoms with E-state index in [0.717, 1.165) is 0 Å². The predicted molar refractivity (Wildman–Crippen MR) is 49.4 cm³/mol. The monoisotopic (exact) mass is 208 g/mol. The van der Waals surface area contributed by atoms with E-state index in [2.05, 4.69) is 10.1 Å². The van der Waals surface area contributed by atoms with Crippen molar-refractivity contribution in [1.82, 2.24) is 10.1 Å². The summed E-state index contributed by atoms with van der Waals surface area (Å²) >= 11 is 0. The molecule has 0 atom stereocenters. The molecule has 80 valence electrons. The molecule has 0 spiro atoms. The Hall–Kier alpha value is -1.39. The van der Waals surface area contributed by atoms with E-state index in [4.69, 9.17) is 9.63 Å². The molecule has 2 fully saturated rings. The van der Waals surface area contributed by atoms with Gasteiger partial charge in [0.1, 0.15) is 0 Å². The number of hydrogen-bond acceptors (Lipinski definition) is 4. The molecule has 1 aromatic rings. The quantitative estimate of drug-likeness (QED) is 0.814. The van der Waals surface area contributed by atoms with Crippen molar-refractivity contribution in [1.29, 1.82) is 0 Å². The summed E-state index contributed by atoms with van der Waals surface area (Å²) in [5, 5.41) is 12.2. The fourth-order valence-corrected chi connectivity index (χ4v) is 2.16. The third-order valence-corrected chi connectivity index (χ3v) is 3.18. The Morgan fingerprint density at radius 2 is 1.93 bits per heavy atom. The molecule has 0 bridgehead atoms. The Labute approximate surface area is 86.5 Å². The predicted octanol–water partition coefficient (Wildman–Crippen LogP) is 1.67. The van der Waals surface area contributed by atoms with Gasteiger partial charge >= 0.3 is 5.97 Å². The zero-order valence-corrected chi connectivity index (χ0v) is 8.22. The highest BCUT2D eigenvalue weighted by atomic mass is 16.5. The largest absolute Gasteiger partial charge is 0.475 e. The second-order valence-electron chi connectivity index (χ2n) is 4.46. The maximum absolute atomic E-state index is 10.6. The number of rotatable bonds is 4. The molecular formula is C10H12N2O3. The molecular weight excluding hydrogens is 196 g/mol. The van der Waals surface area contributed by atoms with Crippen LogP contribution in [0.15, 0.2) is 4.52 Å².